The van der Waals surface area contributed by atoms with Crippen molar-refractivity contribution in [2.45, 2.75) is 44.4 Å². The Kier molecular flexibility index (Phi) is 6.24. The minimum absolute atomic E-state index is 0.0657. The van der Waals surface area contributed by atoms with E-state index >= 15 is 0 Å². The summed E-state index contributed by atoms with van der Waals surface area (Å²) in [5.74, 6) is -0.515. The van der Waals surface area contributed by atoms with E-state index in [1.54, 1.807) is 19.9 Å². The predicted octanol–water partition coefficient (Wildman–Crippen LogP) is 1.51. The van der Waals surface area contributed by atoms with Crippen LogP contribution in [0.5, 0.6) is 0 Å². The van der Waals surface area contributed by atoms with E-state index in [0.717, 1.165) is 12.8 Å². The number of carbonyl (C=O) groups is 3. The van der Waals surface area contributed by atoms with Gasteiger partial charge in [0.2, 0.25) is 11.8 Å². The lowest BCUT2D eigenvalue weighted by Gasteiger charge is -2.33. The number of thioether (sulfide) groups is 1. The largest absolute Gasteiger partial charge is 0.480 e. The van der Waals surface area contributed by atoms with Crippen LogP contribution < -0.4 is 5.32 Å². The molecule has 1 aromatic heterocycles. The van der Waals surface area contributed by atoms with Gasteiger partial charge < -0.3 is 19.8 Å². The first-order chi connectivity index (χ1) is 11.4. The molecule has 2 amide bonds. The van der Waals surface area contributed by atoms with E-state index in [2.05, 4.69) is 10.5 Å². The molecule has 8 nitrogen and oxygen atoms in total. The summed E-state index contributed by atoms with van der Waals surface area (Å²) < 4.78 is 4.87. The number of hydrogen-bond donors (Lipinski definition) is 2. The number of hydrogen-bond acceptors (Lipinski definition) is 6. The summed E-state index contributed by atoms with van der Waals surface area (Å²) in [4.78, 5) is 37.0. The Bertz CT molecular complexity index is 618. The van der Waals surface area contributed by atoms with Crippen LogP contribution in [0, 0.1) is 6.92 Å². The van der Waals surface area contributed by atoms with Crippen LogP contribution in [0.1, 0.15) is 31.9 Å². The second-order valence-electron chi connectivity index (χ2n) is 5.70. The zero-order valence-electron chi connectivity index (χ0n) is 13.7. The van der Waals surface area contributed by atoms with Crippen LogP contribution in [-0.4, -0.2) is 56.5 Å². The Morgan fingerprint density at radius 3 is 2.88 bits per heavy atom. The number of nitrogens with one attached hydrogen (secondary N) is 1. The average molecular weight is 355 g/mol. The highest BCUT2D eigenvalue weighted by Crippen LogP contribution is 2.20. The second-order valence-corrected chi connectivity index (χ2v) is 7.03. The summed E-state index contributed by atoms with van der Waals surface area (Å²) in [6, 6.07) is 0.847. The smallest absolute Gasteiger partial charge is 0.326 e. The summed E-state index contributed by atoms with van der Waals surface area (Å²) >= 11 is 1.17. The van der Waals surface area contributed by atoms with Crippen molar-refractivity contribution in [2.75, 3.05) is 17.6 Å². The number of carboxylic acid groups (broad SMARTS) is 1. The number of nitrogens with zero attached hydrogens (tertiary/aromatic N) is 2. The molecule has 1 fully saturated rings. The molecule has 0 aliphatic carbocycles. The normalized spacial score (nSPS) is 18.9. The van der Waals surface area contributed by atoms with Crippen molar-refractivity contribution in [3.63, 3.8) is 0 Å². The van der Waals surface area contributed by atoms with Crippen molar-refractivity contribution in [2.24, 2.45) is 0 Å². The van der Waals surface area contributed by atoms with E-state index in [4.69, 9.17) is 4.52 Å². The molecule has 1 aromatic rings. The van der Waals surface area contributed by atoms with Crippen molar-refractivity contribution >= 4 is 35.4 Å². The minimum Gasteiger partial charge on any atom is -0.480 e. The number of anilines is 1. The lowest BCUT2D eigenvalue weighted by molar-refractivity contribution is -0.150. The van der Waals surface area contributed by atoms with Gasteiger partial charge in [0.05, 0.1) is 11.0 Å². The molecular formula is C15H21N3O5S. The molecular weight excluding hydrogens is 334 g/mol. The standard InChI is InChI=1S/C15H21N3O5S/c1-9-7-12(17-23-9)16-14(20)10(2)24-8-13(19)18-6-4-3-5-11(18)15(21)22/h7,10-11H,3-6,8H2,1-2H3,(H,21,22)(H,16,17,20). The van der Waals surface area contributed by atoms with Gasteiger partial charge in [-0.3, -0.25) is 9.59 Å². The van der Waals surface area contributed by atoms with Gasteiger partial charge in [-0.15, -0.1) is 11.8 Å². The Hall–Kier alpha value is -2.03. The van der Waals surface area contributed by atoms with Gasteiger partial charge in [-0.25, -0.2) is 4.79 Å². The van der Waals surface area contributed by atoms with Crippen LogP contribution in [0.3, 0.4) is 0 Å². The number of carboxylic acids is 1. The van der Waals surface area contributed by atoms with Gasteiger partial charge in [-0.2, -0.15) is 0 Å². The summed E-state index contributed by atoms with van der Waals surface area (Å²) in [5, 5.41) is 15.0. The van der Waals surface area contributed by atoms with Gasteiger partial charge in [0.1, 0.15) is 11.8 Å². The molecule has 132 valence electrons. The summed E-state index contributed by atoms with van der Waals surface area (Å²) in [6.45, 7) is 3.86. The number of piperidine rings is 1. The first kappa shape index (κ1) is 18.3. The Morgan fingerprint density at radius 1 is 1.50 bits per heavy atom. The molecule has 24 heavy (non-hydrogen) atoms. The quantitative estimate of drug-likeness (QED) is 0.795. The molecule has 0 radical (unpaired) electrons. The topological polar surface area (TPSA) is 113 Å². The third kappa shape index (κ3) is 4.73. The second kappa shape index (κ2) is 8.18. The van der Waals surface area contributed by atoms with Crippen molar-refractivity contribution in [1.29, 1.82) is 0 Å². The highest BCUT2D eigenvalue weighted by molar-refractivity contribution is 8.01. The number of aliphatic carboxylic acids is 1. The first-order valence-corrected chi connectivity index (χ1v) is 8.81. The molecule has 1 aliphatic heterocycles. The molecule has 2 atom stereocenters. The molecule has 2 rings (SSSR count). The highest BCUT2D eigenvalue weighted by atomic mass is 32.2. The maximum Gasteiger partial charge on any atom is 0.326 e. The molecule has 2 heterocycles. The summed E-state index contributed by atoms with van der Waals surface area (Å²) in [6.07, 6.45) is 2.10. The maximum absolute atomic E-state index is 12.3. The number of rotatable bonds is 6. The van der Waals surface area contributed by atoms with Gasteiger partial charge in [0, 0.05) is 12.6 Å². The lowest BCUT2D eigenvalue weighted by atomic mass is 10.0. The predicted molar refractivity (Wildman–Crippen MR) is 88.8 cm³/mol. The monoisotopic (exact) mass is 355 g/mol. The van der Waals surface area contributed by atoms with Crippen LogP contribution in [-0.2, 0) is 14.4 Å². The van der Waals surface area contributed by atoms with E-state index in [0.29, 0.717) is 24.5 Å². The molecule has 1 aliphatic rings. The van der Waals surface area contributed by atoms with Crippen LogP contribution >= 0.6 is 11.8 Å². The fourth-order valence-corrected chi connectivity index (χ4v) is 3.26. The Morgan fingerprint density at radius 2 is 2.25 bits per heavy atom. The van der Waals surface area contributed by atoms with Gasteiger partial charge >= 0.3 is 5.97 Å². The first-order valence-electron chi connectivity index (χ1n) is 7.76. The summed E-state index contributed by atoms with van der Waals surface area (Å²) in [7, 11) is 0. The van der Waals surface area contributed by atoms with Crippen molar-refractivity contribution in [3.8, 4) is 0 Å². The van der Waals surface area contributed by atoms with E-state index in [1.165, 1.54) is 16.7 Å². The molecule has 0 saturated carbocycles. The minimum atomic E-state index is -0.972. The zero-order chi connectivity index (χ0) is 17.7. The number of carbonyl (C=O) groups excluding carboxylic acids is 2. The SMILES string of the molecule is Cc1cc(NC(=O)C(C)SCC(=O)N2CCCCC2C(=O)O)no1. The van der Waals surface area contributed by atoms with E-state index in [1.807, 2.05) is 0 Å². The lowest BCUT2D eigenvalue weighted by Crippen LogP contribution is -2.48. The van der Waals surface area contributed by atoms with Crippen LogP contribution in [0.15, 0.2) is 10.6 Å². The van der Waals surface area contributed by atoms with E-state index in [9.17, 15) is 19.5 Å². The number of likely N-dealkylation sites (tertiary alicyclic amines) is 1. The molecule has 0 aromatic carbocycles. The molecule has 2 N–H and O–H groups in total. The van der Waals surface area contributed by atoms with E-state index < -0.39 is 17.3 Å². The van der Waals surface area contributed by atoms with Crippen LogP contribution in [0.2, 0.25) is 0 Å². The van der Waals surface area contributed by atoms with Gasteiger partial charge in [-0.1, -0.05) is 5.16 Å². The van der Waals surface area contributed by atoms with Crippen LogP contribution in [0.4, 0.5) is 5.82 Å². The molecule has 2 unspecified atom stereocenters. The number of aromatic nitrogens is 1. The molecule has 1 saturated heterocycles. The molecule has 9 heteroatoms. The number of amides is 2. The van der Waals surface area contributed by atoms with Gasteiger partial charge in [-0.05, 0) is 33.1 Å². The zero-order valence-corrected chi connectivity index (χ0v) is 14.5. The third-order valence-electron chi connectivity index (χ3n) is 3.81. The molecule has 0 spiro atoms. The summed E-state index contributed by atoms with van der Waals surface area (Å²) in [5.41, 5.74) is 0. The van der Waals surface area contributed by atoms with Crippen molar-refractivity contribution in [1.82, 2.24) is 10.1 Å². The van der Waals surface area contributed by atoms with Crippen LogP contribution in [0.25, 0.3) is 0 Å². The van der Waals surface area contributed by atoms with E-state index in [-0.39, 0.29) is 17.6 Å². The molecule has 0 bridgehead atoms. The van der Waals surface area contributed by atoms with Crippen molar-refractivity contribution < 1.29 is 24.0 Å². The number of aryl methyl sites for hydroxylation is 1. The highest BCUT2D eigenvalue weighted by Gasteiger charge is 2.32. The fraction of sp³-hybridized carbons (Fsp3) is 0.600. The third-order valence-corrected chi connectivity index (χ3v) is 4.94. The Labute approximate surface area is 143 Å². The van der Waals surface area contributed by atoms with Gasteiger partial charge in [0.25, 0.3) is 0 Å². The van der Waals surface area contributed by atoms with Gasteiger partial charge in [0.15, 0.2) is 5.82 Å². The maximum atomic E-state index is 12.3. The van der Waals surface area contributed by atoms with Crippen molar-refractivity contribution in [3.05, 3.63) is 11.8 Å². The Balaban J connectivity index is 1.83. The average Bonchev–Trinajstić information content (AvgIpc) is 2.97. The fourth-order valence-electron chi connectivity index (χ4n) is 2.49.